The maximum atomic E-state index is 10.1. The van der Waals surface area contributed by atoms with Crippen molar-refractivity contribution in [2.75, 3.05) is 0 Å². The van der Waals surface area contributed by atoms with Gasteiger partial charge in [0.25, 0.3) is 0 Å². The van der Waals surface area contributed by atoms with Crippen LogP contribution in [0.5, 0.6) is 5.75 Å². The molecule has 1 aromatic rings. The van der Waals surface area contributed by atoms with Crippen LogP contribution >= 0.6 is 0 Å². The van der Waals surface area contributed by atoms with Crippen molar-refractivity contribution in [1.82, 2.24) is 0 Å². The Morgan fingerprint density at radius 3 is 2.50 bits per heavy atom. The van der Waals surface area contributed by atoms with Crippen LogP contribution in [-0.4, -0.2) is 15.8 Å². The first-order chi connectivity index (χ1) is 8.36. The summed E-state index contributed by atoms with van der Waals surface area (Å²) in [7, 11) is 0. The molecule has 3 heteroatoms. The lowest BCUT2D eigenvalue weighted by Gasteiger charge is -2.44. The molecule has 0 aliphatic carbocycles. The number of ether oxygens (including phenoxy) is 1. The Bertz CT molecular complexity index is 439. The van der Waals surface area contributed by atoms with Crippen LogP contribution in [0.3, 0.4) is 0 Å². The molecule has 3 nitrogen and oxygen atoms in total. The number of benzene rings is 1. The van der Waals surface area contributed by atoms with E-state index in [-0.39, 0.29) is 18.0 Å². The second kappa shape index (κ2) is 4.56. The molecule has 1 atom stereocenters. The van der Waals surface area contributed by atoms with Gasteiger partial charge in [-0.05, 0) is 51.7 Å². The molecule has 2 rings (SSSR count). The zero-order chi connectivity index (χ0) is 13.4. The van der Waals surface area contributed by atoms with Crippen molar-refractivity contribution in [1.29, 1.82) is 0 Å². The summed E-state index contributed by atoms with van der Waals surface area (Å²) in [5.41, 5.74) is 0.928. The van der Waals surface area contributed by atoms with E-state index in [0.717, 1.165) is 30.4 Å². The van der Waals surface area contributed by atoms with E-state index in [1.165, 1.54) is 0 Å². The molecule has 0 radical (unpaired) electrons. The van der Waals surface area contributed by atoms with Crippen molar-refractivity contribution in [3.05, 3.63) is 29.3 Å². The predicted molar refractivity (Wildman–Crippen MR) is 70.4 cm³/mol. The van der Waals surface area contributed by atoms with Gasteiger partial charge in [0.2, 0.25) is 0 Å². The molecule has 1 fully saturated rings. The molecule has 0 bridgehead atoms. The molecule has 18 heavy (non-hydrogen) atoms. The van der Waals surface area contributed by atoms with Crippen molar-refractivity contribution in [3.63, 3.8) is 0 Å². The van der Waals surface area contributed by atoms with E-state index in [1.54, 1.807) is 6.07 Å². The fourth-order valence-electron chi connectivity index (χ4n) is 2.88. The number of aromatic hydroxyl groups is 1. The van der Waals surface area contributed by atoms with Gasteiger partial charge in [0.15, 0.2) is 0 Å². The number of hydrogen-bond acceptors (Lipinski definition) is 3. The molecule has 1 heterocycles. The van der Waals surface area contributed by atoms with E-state index in [1.807, 2.05) is 19.1 Å². The fourth-order valence-corrected chi connectivity index (χ4v) is 2.88. The van der Waals surface area contributed by atoms with E-state index in [0.29, 0.717) is 0 Å². The second-order valence-electron chi connectivity index (χ2n) is 5.96. The minimum Gasteiger partial charge on any atom is -0.508 e. The summed E-state index contributed by atoms with van der Waals surface area (Å²) in [6.07, 6.45) is 3.03. The Morgan fingerprint density at radius 2 is 1.94 bits per heavy atom. The van der Waals surface area contributed by atoms with Gasteiger partial charge < -0.3 is 14.9 Å². The Hall–Kier alpha value is -1.06. The third kappa shape index (κ3) is 2.52. The maximum Gasteiger partial charge on any atom is 0.122 e. The van der Waals surface area contributed by atoms with Gasteiger partial charge >= 0.3 is 0 Å². The zero-order valence-electron chi connectivity index (χ0n) is 11.4. The summed E-state index contributed by atoms with van der Waals surface area (Å²) in [6, 6.07) is 5.32. The van der Waals surface area contributed by atoms with Crippen LogP contribution < -0.4 is 0 Å². The van der Waals surface area contributed by atoms with Crippen LogP contribution in [0.15, 0.2) is 18.2 Å². The van der Waals surface area contributed by atoms with Crippen molar-refractivity contribution in [3.8, 4) is 5.75 Å². The van der Waals surface area contributed by atoms with Crippen LogP contribution in [0.1, 0.15) is 51.2 Å². The number of rotatable bonds is 2. The molecule has 0 amide bonds. The van der Waals surface area contributed by atoms with Gasteiger partial charge in [0, 0.05) is 5.56 Å². The highest BCUT2D eigenvalue weighted by Crippen LogP contribution is 2.44. The second-order valence-corrected chi connectivity index (χ2v) is 5.96. The van der Waals surface area contributed by atoms with Crippen molar-refractivity contribution >= 4 is 0 Å². The van der Waals surface area contributed by atoms with E-state index in [9.17, 15) is 5.11 Å². The number of hydrogen-bond donors (Lipinski definition) is 2. The van der Waals surface area contributed by atoms with Crippen LogP contribution in [-0.2, 0) is 16.9 Å². The van der Waals surface area contributed by atoms with Crippen molar-refractivity contribution in [2.24, 2.45) is 0 Å². The molecule has 1 aliphatic heterocycles. The van der Waals surface area contributed by atoms with E-state index < -0.39 is 5.60 Å². The minimum atomic E-state index is -0.445. The number of aliphatic hydroxyl groups is 1. The molecule has 1 aliphatic rings. The zero-order valence-corrected chi connectivity index (χ0v) is 11.4. The van der Waals surface area contributed by atoms with Gasteiger partial charge in [0.05, 0.1) is 17.8 Å². The van der Waals surface area contributed by atoms with Crippen LogP contribution in [0, 0.1) is 0 Å². The standard InChI is InChI=1S/C15H22O3/c1-14(2)7-4-8-15(3,18-14)12-6-5-11(10-16)9-13(12)17/h5-6,9,16-17H,4,7-8,10H2,1-3H3/t15-/m1/s1. The molecule has 0 saturated carbocycles. The normalized spacial score (nSPS) is 27.1. The van der Waals surface area contributed by atoms with Gasteiger partial charge in [-0.15, -0.1) is 0 Å². The lowest BCUT2D eigenvalue weighted by atomic mass is 9.82. The molecule has 0 aromatic heterocycles. The first kappa shape index (κ1) is 13.4. The maximum absolute atomic E-state index is 10.1. The third-order valence-corrected chi connectivity index (χ3v) is 3.75. The summed E-state index contributed by atoms with van der Waals surface area (Å²) in [5, 5.41) is 19.2. The molecule has 1 aromatic carbocycles. The summed E-state index contributed by atoms with van der Waals surface area (Å²) in [6.45, 7) is 6.14. The Morgan fingerprint density at radius 1 is 1.22 bits per heavy atom. The lowest BCUT2D eigenvalue weighted by Crippen LogP contribution is -2.41. The largest absolute Gasteiger partial charge is 0.508 e. The van der Waals surface area contributed by atoms with Gasteiger partial charge in [0.1, 0.15) is 5.75 Å². The Kier molecular flexibility index (Phi) is 3.39. The lowest BCUT2D eigenvalue weighted by molar-refractivity contribution is -0.171. The summed E-state index contributed by atoms with van der Waals surface area (Å²) in [4.78, 5) is 0. The van der Waals surface area contributed by atoms with Gasteiger partial charge in [-0.2, -0.15) is 0 Å². The fraction of sp³-hybridized carbons (Fsp3) is 0.600. The average molecular weight is 250 g/mol. The van der Waals surface area contributed by atoms with Gasteiger partial charge in [-0.3, -0.25) is 0 Å². The summed E-state index contributed by atoms with van der Waals surface area (Å²) in [5.74, 6) is 0.210. The molecular weight excluding hydrogens is 228 g/mol. The van der Waals surface area contributed by atoms with Crippen LogP contribution in [0.4, 0.5) is 0 Å². The van der Waals surface area contributed by atoms with Crippen LogP contribution in [0.25, 0.3) is 0 Å². The Labute approximate surface area is 108 Å². The van der Waals surface area contributed by atoms with E-state index in [4.69, 9.17) is 9.84 Å². The van der Waals surface area contributed by atoms with Gasteiger partial charge in [-0.25, -0.2) is 0 Å². The Balaban J connectivity index is 2.35. The smallest absolute Gasteiger partial charge is 0.122 e. The SMILES string of the molecule is CC1(C)CCC[C@](C)(c2ccc(CO)cc2O)O1. The average Bonchev–Trinajstić information content (AvgIpc) is 2.26. The first-order valence-electron chi connectivity index (χ1n) is 6.50. The molecular formula is C15H22O3. The summed E-state index contributed by atoms with van der Waals surface area (Å²) < 4.78 is 6.18. The summed E-state index contributed by atoms with van der Waals surface area (Å²) >= 11 is 0. The number of phenolic OH excluding ortho intramolecular Hbond substituents is 1. The molecule has 100 valence electrons. The molecule has 1 saturated heterocycles. The number of aliphatic hydroxyl groups excluding tert-OH is 1. The van der Waals surface area contributed by atoms with Gasteiger partial charge in [-0.1, -0.05) is 12.1 Å². The van der Waals surface area contributed by atoms with E-state index >= 15 is 0 Å². The first-order valence-corrected chi connectivity index (χ1v) is 6.50. The molecule has 0 unspecified atom stereocenters. The van der Waals surface area contributed by atoms with E-state index in [2.05, 4.69) is 13.8 Å². The highest BCUT2D eigenvalue weighted by Gasteiger charge is 2.39. The third-order valence-electron chi connectivity index (χ3n) is 3.75. The minimum absolute atomic E-state index is 0.0586. The van der Waals surface area contributed by atoms with Crippen molar-refractivity contribution in [2.45, 2.75) is 57.8 Å². The van der Waals surface area contributed by atoms with Crippen molar-refractivity contribution < 1.29 is 14.9 Å². The van der Waals surface area contributed by atoms with Crippen LogP contribution in [0.2, 0.25) is 0 Å². The molecule has 0 spiro atoms. The molecule has 2 N–H and O–H groups in total. The number of phenols is 1. The monoisotopic (exact) mass is 250 g/mol. The topological polar surface area (TPSA) is 49.7 Å². The highest BCUT2D eigenvalue weighted by atomic mass is 16.5. The highest BCUT2D eigenvalue weighted by molar-refractivity contribution is 5.40. The predicted octanol–water partition coefficient (Wildman–Crippen LogP) is 3.08. The quantitative estimate of drug-likeness (QED) is 0.848.